The second-order valence-electron chi connectivity index (χ2n) is 5.03. The second-order valence-corrected chi connectivity index (χ2v) is 5.03. The Morgan fingerprint density at radius 1 is 1.24 bits per heavy atom. The molecule has 0 spiro atoms. The summed E-state index contributed by atoms with van der Waals surface area (Å²) in [6.45, 7) is 3.54. The number of anilines is 1. The van der Waals surface area contributed by atoms with E-state index in [1.54, 1.807) is 19.9 Å². The zero-order chi connectivity index (χ0) is 15.4. The van der Waals surface area contributed by atoms with E-state index in [9.17, 15) is 9.90 Å². The molecule has 1 aromatic heterocycles. The Hall–Kier alpha value is -2.40. The summed E-state index contributed by atoms with van der Waals surface area (Å²) in [4.78, 5) is 16.4. The van der Waals surface area contributed by atoms with Crippen LogP contribution in [0.2, 0.25) is 0 Å². The standard InChI is InChI=1S/C16H19N3O2/c1-10-8-9-13(20)15(18-10)19-16(21)11(2)14(17)12-6-4-3-5-7-12/h3-9,11,14,20H,17H2,1-2H3,(H,18,19,21). The maximum absolute atomic E-state index is 12.2. The third-order valence-electron chi connectivity index (χ3n) is 3.39. The molecule has 4 N–H and O–H groups in total. The number of aromatic hydroxyl groups is 1. The molecule has 5 heteroatoms. The first-order chi connectivity index (χ1) is 9.99. The molecule has 2 atom stereocenters. The summed E-state index contributed by atoms with van der Waals surface area (Å²) in [6.07, 6.45) is 0. The molecule has 21 heavy (non-hydrogen) atoms. The molecule has 0 fully saturated rings. The van der Waals surface area contributed by atoms with Gasteiger partial charge in [-0.3, -0.25) is 4.79 Å². The van der Waals surface area contributed by atoms with E-state index in [1.807, 2.05) is 30.3 Å². The van der Waals surface area contributed by atoms with E-state index < -0.39 is 12.0 Å². The molecule has 0 aliphatic rings. The van der Waals surface area contributed by atoms with E-state index in [-0.39, 0.29) is 17.5 Å². The van der Waals surface area contributed by atoms with Crippen LogP contribution >= 0.6 is 0 Å². The van der Waals surface area contributed by atoms with Gasteiger partial charge in [0.1, 0.15) is 0 Å². The summed E-state index contributed by atoms with van der Waals surface area (Å²) < 4.78 is 0. The Bertz CT molecular complexity index is 629. The molecule has 0 saturated heterocycles. The maximum Gasteiger partial charge on any atom is 0.230 e. The number of aromatic nitrogens is 1. The fourth-order valence-corrected chi connectivity index (χ4v) is 2.00. The van der Waals surface area contributed by atoms with Gasteiger partial charge in [-0.15, -0.1) is 0 Å². The van der Waals surface area contributed by atoms with E-state index in [0.29, 0.717) is 5.69 Å². The Labute approximate surface area is 123 Å². The molecular formula is C16H19N3O2. The Balaban J connectivity index is 2.11. The zero-order valence-corrected chi connectivity index (χ0v) is 12.1. The molecule has 2 rings (SSSR count). The fourth-order valence-electron chi connectivity index (χ4n) is 2.00. The van der Waals surface area contributed by atoms with Gasteiger partial charge in [0.2, 0.25) is 5.91 Å². The van der Waals surface area contributed by atoms with Gasteiger partial charge in [0.25, 0.3) is 0 Å². The van der Waals surface area contributed by atoms with Crippen LogP contribution in [0.4, 0.5) is 5.82 Å². The number of hydrogen-bond acceptors (Lipinski definition) is 4. The van der Waals surface area contributed by atoms with Crippen molar-refractivity contribution in [1.82, 2.24) is 4.98 Å². The van der Waals surface area contributed by atoms with Gasteiger partial charge in [-0.1, -0.05) is 37.3 Å². The van der Waals surface area contributed by atoms with E-state index in [0.717, 1.165) is 5.56 Å². The van der Waals surface area contributed by atoms with Gasteiger partial charge in [-0.05, 0) is 24.6 Å². The van der Waals surface area contributed by atoms with Crippen molar-refractivity contribution < 1.29 is 9.90 Å². The normalized spacial score (nSPS) is 13.5. The second kappa shape index (κ2) is 6.37. The molecule has 0 radical (unpaired) electrons. The van der Waals surface area contributed by atoms with Gasteiger partial charge in [0.05, 0.1) is 5.92 Å². The number of carbonyl (C=O) groups excluding carboxylic acids is 1. The average Bonchev–Trinajstić information content (AvgIpc) is 2.50. The fraction of sp³-hybridized carbons (Fsp3) is 0.250. The van der Waals surface area contributed by atoms with Gasteiger partial charge < -0.3 is 16.2 Å². The lowest BCUT2D eigenvalue weighted by molar-refractivity contribution is -0.120. The first kappa shape index (κ1) is 15.0. The Morgan fingerprint density at radius 3 is 2.57 bits per heavy atom. The van der Waals surface area contributed by atoms with Crippen LogP contribution in [0.5, 0.6) is 5.75 Å². The first-order valence-electron chi connectivity index (χ1n) is 6.77. The molecule has 5 nitrogen and oxygen atoms in total. The van der Waals surface area contributed by atoms with Crippen LogP contribution in [-0.4, -0.2) is 16.0 Å². The van der Waals surface area contributed by atoms with Crippen LogP contribution in [0.1, 0.15) is 24.2 Å². The van der Waals surface area contributed by atoms with Gasteiger partial charge in [-0.25, -0.2) is 4.98 Å². The topological polar surface area (TPSA) is 88.2 Å². The highest BCUT2D eigenvalue weighted by Gasteiger charge is 2.23. The summed E-state index contributed by atoms with van der Waals surface area (Å²) in [5.74, 6) is -0.629. The van der Waals surface area contributed by atoms with Crippen LogP contribution in [-0.2, 0) is 4.79 Å². The van der Waals surface area contributed by atoms with Gasteiger partial charge in [0.15, 0.2) is 11.6 Å². The van der Waals surface area contributed by atoms with Crippen molar-refractivity contribution in [3.05, 3.63) is 53.7 Å². The summed E-state index contributed by atoms with van der Waals surface area (Å²) in [5, 5.41) is 12.3. The number of nitrogens with zero attached hydrogens (tertiary/aromatic N) is 1. The van der Waals surface area contributed by atoms with Crippen molar-refractivity contribution in [2.45, 2.75) is 19.9 Å². The van der Waals surface area contributed by atoms with E-state index in [4.69, 9.17) is 5.73 Å². The summed E-state index contributed by atoms with van der Waals surface area (Å²) in [6, 6.07) is 12.2. The van der Waals surface area contributed by atoms with Crippen molar-refractivity contribution in [2.75, 3.05) is 5.32 Å². The van der Waals surface area contributed by atoms with Crippen LogP contribution < -0.4 is 11.1 Å². The molecule has 0 saturated carbocycles. The number of hydrogen-bond donors (Lipinski definition) is 3. The van der Waals surface area contributed by atoms with Crippen LogP contribution in [0, 0.1) is 12.8 Å². The summed E-state index contributed by atoms with van der Waals surface area (Å²) >= 11 is 0. The average molecular weight is 285 g/mol. The molecule has 0 bridgehead atoms. The predicted molar refractivity (Wildman–Crippen MR) is 81.8 cm³/mol. The molecule has 110 valence electrons. The smallest absolute Gasteiger partial charge is 0.230 e. The SMILES string of the molecule is Cc1ccc(O)c(NC(=O)C(C)C(N)c2ccccc2)n1. The Morgan fingerprint density at radius 2 is 1.90 bits per heavy atom. The van der Waals surface area contributed by atoms with E-state index in [2.05, 4.69) is 10.3 Å². The maximum atomic E-state index is 12.2. The minimum absolute atomic E-state index is 0.0607. The lowest BCUT2D eigenvalue weighted by Crippen LogP contribution is -2.30. The van der Waals surface area contributed by atoms with Crippen molar-refractivity contribution >= 4 is 11.7 Å². The first-order valence-corrected chi connectivity index (χ1v) is 6.77. The Kier molecular flexibility index (Phi) is 4.55. The van der Waals surface area contributed by atoms with Gasteiger partial charge >= 0.3 is 0 Å². The number of nitrogens with one attached hydrogen (secondary N) is 1. The van der Waals surface area contributed by atoms with Crippen molar-refractivity contribution in [3.63, 3.8) is 0 Å². The van der Waals surface area contributed by atoms with Crippen molar-refractivity contribution in [2.24, 2.45) is 11.7 Å². The van der Waals surface area contributed by atoms with E-state index >= 15 is 0 Å². The quantitative estimate of drug-likeness (QED) is 0.804. The highest BCUT2D eigenvalue weighted by Crippen LogP contribution is 2.24. The molecule has 2 unspecified atom stereocenters. The van der Waals surface area contributed by atoms with Crippen LogP contribution in [0.25, 0.3) is 0 Å². The third-order valence-corrected chi connectivity index (χ3v) is 3.39. The molecule has 2 aromatic rings. The largest absolute Gasteiger partial charge is 0.504 e. The number of aryl methyl sites for hydroxylation is 1. The predicted octanol–water partition coefficient (Wildman–Crippen LogP) is 2.37. The minimum atomic E-state index is -0.450. The number of carbonyl (C=O) groups is 1. The van der Waals surface area contributed by atoms with Crippen molar-refractivity contribution in [3.8, 4) is 5.75 Å². The van der Waals surface area contributed by atoms with Gasteiger partial charge in [-0.2, -0.15) is 0 Å². The van der Waals surface area contributed by atoms with Crippen molar-refractivity contribution in [1.29, 1.82) is 0 Å². The monoisotopic (exact) mass is 285 g/mol. The summed E-state index contributed by atoms with van der Waals surface area (Å²) in [5.41, 5.74) is 7.72. The third kappa shape index (κ3) is 3.58. The molecule has 1 aromatic carbocycles. The highest BCUT2D eigenvalue weighted by molar-refractivity contribution is 5.93. The lowest BCUT2D eigenvalue weighted by atomic mass is 9.95. The minimum Gasteiger partial charge on any atom is -0.504 e. The lowest BCUT2D eigenvalue weighted by Gasteiger charge is -2.19. The molecule has 1 heterocycles. The number of pyridine rings is 1. The molecule has 0 aliphatic heterocycles. The number of nitrogens with two attached hydrogens (primary N) is 1. The summed E-state index contributed by atoms with van der Waals surface area (Å²) in [7, 11) is 0. The molecular weight excluding hydrogens is 266 g/mol. The van der Waals surface area contributed by atoms with Crippen LogP contribution in [0.3, 0.4) is 0 Å². The van der Waals surface area contributed by atoms with Crippen LogP contribution in [0.15, 0.2) is 42.5 Å². The number of benzene rings is 1. The number of amides is 1. The molecule has 0 aliphatic carbocycles. The molecule has 1 amide bonds. The van der Waals surface area contributed by atoms with Gasteiger partial charge in [0, 0.05) is 11.7 Å². The zero-order valence-electron chi connectivity index (χ0n) is 12.1. The van der Waals surface area contributed by atoms with E-state index in [1.165, 1.54) is 6.07 Å². The number of rotatable bonds is 4. The highest BCUT2D eigenvalue weighted by atomic mass is 16.3.